The molecule has 0 atom stereocenters. The lowest BCUT2D eigenvalue weighted by atomic mass is 10.2. The lowest BCUT2D eigenvalue weighted by Gasteiger charge is -2.10. The van der Waals surface area contributed by atoms with E-state index in [1.807, 2.05) is 0 Å². The fourth-order valence-electron chi connectivity index (χ4n) is 2.61. The zero-order valence-electron chi connectivity index (χ0n) is 15.1. The summed E-state index contributed by atoms with van der Waals surface area (Å²) < 4.78 is 41.2. The predicted molar refractivity (Wildman–Crippen MR) is 102 cm³/mol. The Bertz CT molecular complexity index is 1040. The van der Waals surface area contributed by atoms with Gasteiger partial charge in [0, 0.05) is 31.3 Å². The molecule has 0 aliphatic rings. The molecule has 0 spiro atoms. The molecule has 3 aromatic rings. The van der Waals surface area contributed by atoms with Crippen LogP contribution in [0.2, 0.25) is 0 Å². The molecule has 1 aromatic carbocycles. The number of nitrogens with two attached hydrogens (primary N) is 1. The van der Waals surface area contributed by atoms with Gasteiger partial charge in [0.25, 0.3) is 5.91 Å². The monoisotopic (exact) mass is 423 g/mol. The zero-order valence-corrected chi connectivity index (χ0v) is 15.9. The molecule has 2 aromatic heterocycles. The highest BCUT2D eigenvalue weighted by molar-refractivity contribution is 7.99. The van der Waals surface area contributed by atoms with Gasteiger partial charge in [-0.3, -0.25) is 14.2 Å². The van der Waals surface area contributed by atoms with E-state index < -0.39 is 17.6 Å². The summed E-state index contributed by atoms with van der Waals surface area (Å²) in [7, 11) is 1.63. The number of benzene rings is 1. The van der Waals surface area contributed by atoms with Gasteiger partial charge < -0.3 is 15.6 Å². The summed E-state index contributed by atoms with van der Waals surface area (Å²) in [5, 5.41) is 3.10. The topological polar surface area (TPSA) is 94.9 Å². The number of hydrogen-bond acceptors (Lipinski definition) is 4. The van der Waals surface area contributed by atoms with E-state index in [1.165, 1.54) is 29.0 Å². The van der Waals surface area contributed by atoms with Gasteiger partial charge in [0.1, 0.15) is 5.69 Å². The van der Waals surface area contributed by atoms with Crippen molar-refractivity contribution in [2.45, 2.75) is 11.3 Å². The number of nitrogens with zero attached hydrogens (tertiary/aromatic N) is 3. The van der Waals surface area contributed by atoms with Gasteiger partial charge in [-0.2, -0.15) is 13.2 Å². The van der Waals surface area contributed by atoms with Gasteiger partial charge in [0.2, 0.25) is 5.91 Å². The summed E-state index contributed by atoms with van der Waals surface area (Å²) in [6.45, 7) is 0. The third-order valence-electron chi connectivity index (χ3n) is 3.95. The summed E-state index contributed by atoms with van der Waals surface area (Å²) in [6, 6.07) is 6.12. The zero-order chi connectivity index (χ0) is 21.2. The van der Waals surface area contributed by atoms with Crippen molar-refractivity contribution in [3.63, 3.8) is 0 Å². The lowest BCUT2D eigenvalue weighted by molar-refractivity contribution is -0.137. The van der Waals surface area contributed by atoms with Gasteiger partial charge in [0.15, 0.2) is 5.16 Å². The fraction of sp³-hybridized carbons (Fsp3) is 0.167. The van der Waals surface area contributed by atoms with Crippen molar-refractivity contribution in [2.75, 3.05) is 11.1 Å². The maximum Gasteiger partial charge on any atom is 0.416 e. The van der Waals surface area contributed by atoms with E-state index in [1.54, 1.807) is 24.0 Å². The van der Waals surface area contributed by atoms with Crippen molar-refractivity contribution < 1.29 is 22.8 Å². The van der Waals surface area contributed by atoms with E-state index in [0.29, 0.717) is 16.5 Å². The lowest BCUT2D eigenvalue weighted by Crippen LogP contribution is -2.15. The Morgan fingerprint density at radius 3 is 2.52 bits per heavy atom. The van der Waals surface area contributed by atoms with Crippen molar-refractivity contribution in [1.29, 1.82) is 0 Å². The maximum absolute atomic E-state index is 12.7. The Morgan fingerprint density at radius 1 is 1.24 bits per heavy atom. The molecule has 3 N–H and O–H groups in total. The molecule has 0 unspecified atom stereocenters. The van der Waals surface area contributed by atoms with Crippen molar-refractivity contribution in [3.05, 3.63) is 60.2 Å². The van der Waals surface area contributed by atoms with Crippen molar-refractivity contribution in [2.24, 2.45) is 12.8 Å². The molecular formula is C18H16F3N5O2S. The van der Waals surface area contributed by atoms with Crippen LogP contribution >= 0.6 is 11.8 Å². The predicted octanol–water partition coefficient (Wildman–Crippen LogP) is 3.06. The van der Waals surface area contributed by atoms with Gasteiger partial charge in [-0.1, -0.05) is 11.8 Å². The molecule has 0 saturated carbocycles. The number of nitrogens with one attached hydrogen (secondary N) is 1. The highest BCUT2D eigenvalue weighted by Gasteiger charge is 2.30. The summed E-state index contributed by atoms with van der Waals surface area (Å²) in [5.41, 5.74) is 5.67. The number of hydrogen-bond donors (Lipinski definition) is 2. The van der Waals surface area contributed by atoms with Crippen LogP contribution < -0.4 is 11.1 Å². The minimum Gasteiger partial charge on any atom is -0.364 e. The van der Waals surface area contributed by atoms with Crippen LogP contribution in [0.3, 0.4) is 0 Å². The highest BCUT2D eigenvalue weighted by Crippen LogP contribution is 2.30. The Labute approximate surface area is 167 Å². The van der Waals surface area contributed by atoms with Gasteiger partial charge in [-0.05, 0) is 30.3 Å². The van der Waals surface area contributed by atoms with Gasteiger partial charge in [-0.25, -0.2) is 4.98 Å². The molecule has 0 bridgehead atoms. The largest absolute Gasteiger partial charge is 0.416 e. The average molecular weight is 423 g/mol. The quantitative estimate of drug-likeness (QED) is 0.596. The third-order valence-corrected chi connectivity index (χ3v) is 4.92. The molecule has 29 heavy (non-hydrogen) atoms. The maximum atomic E-state index is 12.7. The minimum atomic E-state index is -4.41. The van der Waals surface area contributed by atoms with Crippen molar-refractivity contribution in [3.8, 4) is 5.69 Å². The Morgan fingerprint density at radius 2 is 1.93 bits per heavy atom. The number of aryl methyl sites for hydroxylation is 1. The number of thioether (sulfide) groups is 1. The van der Waals surface area contributed by atoms with E-state index >= 15 is 0 Å². The molecule has 152 valence electrons. The number of halogens is 3. The molecule has 0 radical (unpaired) electrons. The SMILES string of the molecule is Cn1cc(NC(=O)CSc2nccn2-c2ccc(C(F)(F)F)cc2)cc1C(N)=O. The first-order chi connectivity index (χ1) is 13.6. The fourth-order valence-corrected chi connectivity index (χ4v) is 3.38. The van der Waals surface area contributed by atoms with E-state index in [-0.39, 0.29) is 17.4 Å². The molecule has 7 nitrogen and oxygen atoms in total. The Hall–Kier alpha value is -3.21. The number of carbonyl (C=O) groups excluding carboxylic acids is 2. The van der Waals surface area contributed by atoms with Crippen LogP contribution in [0.1, 0.15) is 16.1 Å². The number of rotatable bonds is 6. The van der Waals surface area contributed by atoms with E-state index in [2.05, 4.69) is 10.3 Å². The summed E-state index contributed by atoms with van der Waals surface area (Å²) in [6.07, 6.45) is 0.244. The van der Waals surface area contributed by atoms with E-state index in [4.69, 9.17) is 5.73 Å². The first kappa shape index (κ1) is 20.5. The van der Waals surface area contributed by atoms with Crippen LogP contribution in [-0.4, -0.2) is 31.7 Å². The number of anilines is 1. The van der Waals surface area contributed by atoms with Crippen LogP contribution in [-0.2, 0) is 18.0 Å². The van der Waals surface area contributed by atoms with Gasteiger partial charge in [-0.15, -0.1) is 0 Å². The summed E-state index contributed by atoms with van der Waals surface area (Å²) in [5.74, 6) is -0.933. The molecular weight excluding hydrogens is 407 g/mol. The first-order valence-corrected chi connectivity index (χ1v) is 9.23. The number of alkyl halides is 3. The molecule has 0 fully saturated rings. The number of imidazole rings is 1. The third kappa shape index (κ3) is 4.80. The number of amides is 2. The first-order valence-electron chi connectivity index (χ1n) is 8.25. The highest BCUT2D eigenvalue weighted by atomic mass is 32.2. The van der Waals surface area contributed by atoms with E-state index in [9.17, 15) is 22.8 Å². The number of aromatic nitrogens is 3. The molecule has 0 aliphatic carbocycles. The second-order valence-electron chi connectivity index (χ2n) is 6.05. The second kappa shape index (κ2) is 8.03. The van der Waals surface area contributed by atoms with Crippen molar-refractivity contribution >= 4 is 29.3 Å². The molecule has 2 amide bonds. The van der Waals surface area contributed by atoms with Gasteiger partial charge >= 0.3 is 6.18 Å². The Balaban J connectivity index is 1.65. The average Bonchev–Trinajstić information content (AvgIpc) is 3.25. The van der Waals surface area contributed by atoms with Crippen LogP contribution in [0.15, 0.2) is 54.1 Å². The summed E-state index contributed by atoms with van der Waals surface area (Å²) in [4.78, 5) is 27.6. The smallest absolute Gasteiger partial charge is 0.364 e. The molecule has 2 heterocycles. The molecule has 11 heteroatoms. The van der Waals surface area contributed by atoms with Crippen LogP contribution in [0.25, 0.3) is 5.69 Å². The number of carbonyl (C=O) groups is 2. The van der Waals surface area contributed by atoms with E-state index in [0.717, 1.165) is 23.9 Å². The second-order valence-corrected chi connectivity index (χ2v) is 6.99. The van der Waals surface area contributed by atoms with Crippen LogP contribution in [0.4, 0.5) is 18.9 Å². The minimum absolute atomic E-state index is 0.0123. The Kier molecular flexibility index (Phi) is 5.69. The van der Waals surface area contributed by atoms with Crippen LogP contribution in [0.5, 0.6) is 0 Å². The van der Waals surface area contributed by atoms with Gasteiger partial charge in [0.05, 0.1) is 17.0 Å². The number of primary amides is 1. The van der Waals surface area contributed by atoms with Crippen molar-refractivity contribution in [1.82, 2.24) is 14.1 Å². The standard InChI is InChI=1S/C18H16F3N5O2S/c1-25-9-12(8-14(25)16(22)28)24-15(27)10-29-17-23-6-7-26(17)13-4-2-11(3-5-13)18(19,20)21/h2-9H,10H2,1H3,(H2,22,28)(H,24,27). The van der Waals surface area contributed by atoms with Crippen LogP contribution in [0, 0.1) is 0 Å². The molecule has 0 saturated heterocycles. The normalized spacial score (nSPS) is 11.4. The summed E-state index contributed by atoms with van der Waals surface area (Å²) >= 11 is 1.12. The molecule has 0 aliphatic heterocycles. The molecule has 3 rings (SSSR count).